The molecule has 15 heavy (non-hydrogen) atoms. The molecular formula is C11H8BrClO2. The number of hydrogen-bond acceptors (Lipinski definition) is 2. The predicted octanol–water partition coefficient (Wildman–Crippen LogP) is 3.85. The molecule has 0 bridgehead atoms. The Morgan fingerprint density at radius 3 is 2.73 bits per heavy atom. The topological polar surface area (TPSA) is 33.4 Å². The van der Waals surface area contributed by atoms with Crippen LogP contribution in [0.2, 0.25) is 5.02 Å². The third-order valence-corrected chi connectivity index (χ3v) is 3.43. The van der Waals surface area contributed by atoms with Crippen molar-refractivity contribution in [2.24, 2.45) is 0 Å². The van der Waals surface area contributed by atoms with Gasteiger partial charge in [0, 0.05) is 10.0 Å². The molecule has 4 heteroatoms. The summed E-state index contributed by atoms with van der Waals surface area (Å²) in [6.07, 6.45) is 0. The van der Waals surface area contributed by atoms with Crippen LogP contribution in [0.4, 0.5) is 0 Å². The first kappa shape index (κ1) is 10.7. The van der Waals surface area contributed by atoms with Crippen LogP contribution in [0.25, 0.3) is 11.3 Å². The van der Waals surface area contributed by atoms with Gasteiger partial charge in [-0.05, 0) is 40.2 Å². The lowest BCUT2D eigenvalue weighted by Gasteiger charge is -2.02. The van der Waals surface area contributed by atoms with Crippen molar-refractivity contribution in [2.75, 3.05) is 0 Å². The van der Waals surface area contributed by atoms with Gasteiger partial charge in [0.05, 0.1) is 5.02 Å². The predicted molar refractivity (Wildman–Crippen MR) is 62.8 cm³/mol. The van der Waals surface area contributed by atoms with E-state index in [0.717, 1.165) is 10.0 Å². The van der Waals surface area contributed by atoms with Gasteiger partial charge in [-0.2, -0.15) is 0 Å². The second kappa shape index (κ2) is 4.39. The summed E-state index contributed by atoms with van der Waals surface area (Å²) in [6, 6.07) is 9.09. The molecule has 78 valence electrons. The monoisotopic (exact) mass is 286 g/mol. The first-order valence-corrected chi connectivity index (χ1v) is 5.53. The van der Waals surface area contributed by atoms with Crippen molar-refractivity contribution in [3.8, 4) is 11.3 Å². The molecule has 1 N–H and O–H groups in total. The summed E-state index contributed by atoms with van der Waals surface area (Å²) < 4.78 is 6.21. The second-order valence-corrected chi connectivity index (χ2v) is 4.23. The number of benzene rings is 1. The molecule has 0 fully saturated rings. The normalized spacial score (nSPS) is 10.6. The van der Waals surface area contributed by atoms with Gasteiger partial charge in [-0.1, -0.05) is 17.7 Å². The lowest BCUT2D eigenvalue weighted by molar-refractivity contribution is 0.248. The number of halogens is 2. The molecule has 0 atom stereocenters. The third-order valence-electron chi connectivity index (χ3n) is 2.03. The largest absolute Gasteiger partial charge is 0.459 e. The molecule has 0 saturated heterocycles. The van der Waals surface area contributed by atoms with Crippen molar-refractivity contribution in [3.63, 3.8) is 0 Å². The Morgan fingerprint density at radius 2 is 2.07 bits per heavy atom. The first-order valence-electron chi connectivity index (χ1n) is 4.36. The zero-order valence-corrected chi connectivity index (χ0v) is 10.0. The maximum atomic E-state index is 8.89. The Bertz CT molecular complexity index is 479. The molecule has 0 saturated carbocycles. The highest BCUT2D eigenvalue weighted by molar-refractivity contribution is 9.10. The van der Waals surface area contributed by atoms with E-state index < -0.39 is 0 Å². The van der Waals surface area contributed by atoms with Gasteiger partial charge in [-0.3, -0.25) is 0 Å². The van der Waals surface area contributed by atoms with E-state index in [9.17, 15) is 0 Å². The highest BCUT2D eigenvalue weighted by Gasteiger charge is 2.09. The van der Waals surface area contributed by atoms with Crippen LogP contribution in [-0.2, 0) is 6.61 Å². The van der Waals surface area contributed by atoms with Gasteiger partial charge in [0.25, 0.3) is 0 Å². The average molecular weight is 288 g/mol. The van der Waals surface area contributed by atoms with E-state index in [-0.39, 0.29) is 6.61 Å². The molecule has 2 rings (SSSR count). The van der Waals surface area contributed by atoms with Crippen molar-refractivity contribution in [3.05, 3.63) is 45.6 Å². The quantitative estimate of drug-likeness (QED) is 0.910. The number of aliphatic hydroxyl groups is 1. The van der Waals surface area contributed by atoms with Crippen LogP contribution in [-0.4, -0.2) is 5.11 Å². The zero-order chi connectivity index (χ0) is 10.8. The molecular weight excluding hydrogens is 279 g/mol. The summed E-state index contributed by atoms with van der Waals surface area (Å²) >= 11 is 9.36. The van der Waals surface area contributed by atoms with E-state index in [2.05, 4.69) is 15.9 Å². The van der Waals surface area contributed by atoms with Gasteiger partial charge in [0.15, 0.2) is 0 Å². The summed E-state index contributed by atoms with van der Waals surface area (Å²) in [5, 5.41) is 9.52. The molecule has 0 aliphatic carbocycles. The van der Waals surface area contributed by atoms with Crippen LogP contribution in [0.3, 0.4) is 0 Å². The Balaban J connectivity index is 2.49. The molecule has 0 aliphatic heterocycles. The smallest absolute Gasteiger partial charge is 0.135 e. The van der Waals surface area contributed by atoms with E-state index in [0.29, 0.717) is 16.5 Å². The fraction of sp³-hybridized carbons (Fsp3) is 0.0909. The fourth-order valence-electron chi connectivity index (χ4n) is 1.30. The van der Waals surface area contributed by atoms with Crippen molar-refractivity contribution in [1.29, 1.82) is 0 Å². The first-order chi connectivity index (χ1) is 7.22. The minimum Gasteiger partial charge on any atom is -0.459 e. The van der Waals surface area contributed by atoms with Crippen LogP contribution in [0.5, 0.6) is 0 Å². The van der Waals surface area contributed by atoms with Crippen LogP contribution in [0, 0.1) is 0 Å². The Hall–Kier alpha value is -0.770. The van der Waals surface area contributed by atoms with Gasteiger partial charge in [-0.15, -0.1) is 0 Å². The van der Waals surface area contributed by atoms with E-state index in [1.807, 2.05) is 18.2 Å². The lowest BCUT2D eigenvalue weighted by atomic mass is 10.2. The zero-order valence-electron chi connectivity index (χ0n) is 7.71. The second-order valence-electron chi connectivity index (χ2n) is 3.03. The van der Waals surface area contributed by atoms with Gasteiger partial charge in [-0.25, -0.2) is 0 Å². The number of aliphatic hydroxyl groups excluding tert-OH is 1. The number of furan rings is 1. The van der Waals surface area contributed by atoms with E-state index >= 15 is 0 Å². The molecule has 0 radical (unpaired) electrons. The van der Waals surface area contributed by atoms with Crippen LogP contribution in [0.1, 0.15) is 5.76 Å². The van der Waals surface area contributed by atoms with Crippen LogP contribution < -0.4 is 0 Å². The van der Waals surface area contributed by atoms with Crippen molar-refractivity contribution in [1.82, 2.24) is 0 Å². The van der Waals surface area contributed by atoms with Gasteiger partial charge in [0.2, 0.25) is 0 Å². The standard InChI is InChI=1S/C11H8BrClO2/c12-11-8(2-1-3-9(11)13)10-5-4-7(6-14)15-10/h1-5,14H,6H2. The molecule has 0 amide bonds. The van der Waals surface area contributed by atoms with E-state index in [1.54, 1.807) is 12.1 Å². The molecule has 1 aromatic heterocycles. The maximum absolute atomic E-state index is 8.89. The average Bonchev–Trinajstić information content (AvgIpc) is 2.70. The summed E-state index contributed by atoms with van der Waals surface area (Å²) in [4.78, 5) is 0. The Labute approximate surface area is 101 Å². The van der Waals surface area contributed by atoms with E-state index in [1.165, 1.54) is 0 Å². The Kier molecular flexibility index (Phi) is 3.14. The third kappa shape index (κ3) is 2.09. The SMILES string of the molecule is OCc1ccc(-c2cccc(Cl)c2Br)o1. The minimum absolute atomic E-state index is 0.0990. The molecule has 0 spiro atoms. The van der Waals surface area contributed by atoms with Crippen LogP contribution in [0.15, 0.2) is 39.2 Å². The van der Waals surface area contributed by atoms with Gasteiger partial charge < -0.3 is 9.52 Å². The molecule has 1 heterocycles. The summed E-state index contributed by atoms with van der Waals surface area (Å²) in [7, 11) is 0. The van der Waals surface area contributed by atoms with Crippen LogP contribution >= 0.6 is 27.5 Å². The summed E-state index contributed by atoms with van der Waals surface area (Å²) in [5.41, 5.74) is 0.877. The molecule has 0 aliphatic rings. The molecule has 1 aromatic carbocycles. The maximum Gasteiger partial charge on any atom is 0.135 e. The van der Waals surface area contributed by atoms with Crippen molar-refractivity contribution in [2.45, 2.75) is 6.61 Å². The highest BCUT2D eigenvalue weighted by atomic mass is 79.9. The molecule has 0 unspecified atom stereocenters. The highest BCUT2D eigenvalue weighted by Crippen LogP contribution is 2.34. The minimum atomic E-state index is -0.0990. The molecule has 2 aromatic rings. The number of rotatable bonds is 2. The van der Waals surface area contributed by atoms with Crippen molar-refractivity contribution >= 4 is 27.5 Å². The molecule has 2 nitrogen and oxygen atoms in total. The van der Waals surface area contributed by atoms with Crippen molar-refractivity contribution < 1.29 is 9.52 Å². The summed E-state index contributed by atoms with van der Waals surface area (Å²) in [5.74, 6) is 1.23. The summed E-state index contributed by atoms with van der Waals surface area (Å²) in [6.45, 7) is -0.0990. The fourth-order valence-corrected chi connectivity index (χ4v) is 1.94. The number of hydrogen-bond donors (Lipinski definition) is 1. The Morgan fingerprint density at radius 1 is 1.27 bits per heavy atom. The lowest BCUT2D eigenvalue weighted by Crippen LogP contribution is -1.78. The van der Waals surface area contributed by atoms with Gasteiger partial charge >= 0.3 is 0 Å². The van der Waals surface area contributed by atoms with E-state index in [4.69, 9.17) is 21.1 Å². The van der Waals surface area contributed by atoms with Gasteiger partial charge in [0.1, 0.15) is 18.1 Å².